The van der Waals surface area contributed by atoms with Crippen LogP contribution in [0, 0.1) is 11.3 Å². The lowest BCUT2D eigenvalue weighted by atomic mass is 9.76. The SMILES string of the molecule is CC(C)(C)C1CCCN(C2CCOC2)C1. The maximum atomic E-state index is 5.49. The van der Waals surface area contributed by atoms with Crippen LogP contribution in [0.3, 0.4) is 0 Å². The normalized spacial score (nSPS) is 34.6. The second-order valence-corrected chi connectivity index (χ2v) is 6.22. The molecule has 15 heavy (non-hydrogen) atoms. The molecule has 2 atom stereocenters. The predicted octanol–water partition coefficient (Wildman–Crippen LogP) is 2.53. The molecule has 0 N–H and O–H groups in total. The fourth-order valence-electron chi connectivity index (χ4n) is 2.86. The van der Waals surface area contributed by atoms with Crippen LogP contribution in [0.15, 0.2) is 0 Å². The Morgan fingerprint density at radius 2 is 2.00 bits per heavy atom. The number of likely N-dealkylation sites (tertiary alicyclic amines) is 1. The van der Waals surface area contributed by atoms with Gasteiger partial charge in [0.05, 0.1) is 6.61 Å². The smallest absolute Gasteiger partial charge is 0.0622 e. The van der Waals surface area contributed by atoms with Crippen LogP contribution in [-0.2, 0) is 4.74 Å². The minimum atomic E-state index is 0.470. The van der Waals surface area contributed by atoms with Gasteiger partial charge in [0.15, 0.2) is 0 Å². The Balaban J connectivity index is 1.92. The lowest BCUT2D eigenvalue weighted by molar-refractivity contribution is 0.0611. The first kappa shape index (κ1) is 11.4. The van der Waals surface area contributed by atoms with E-state index in [-0.39, 0.29) is 0 Å². The Kier molecular flexibility index (Phi) is 3.36. The first-order valence-electron chi connectivity index (χ1n) is 6.39. The Morgan fingerprint density at radius 1 is 1.20 bits per heavy atom. The van der Waals surface area contributed by atoms with Gasteiger partial charge in [0.25, 0.3) is 0 Å². The third kappa shape index (κ3) is 2.73. The van der Waals surface area contributed by atoms with Crippen LogP contribution in [0.1, 0.15) is 40.0 Å². The van der Waals surface area contributed by atoms with Crippen LogP contribution in [0.5, 0.6) is 0 Å². The van der Waals surface area contributed by atoms with Gasteiger partial charge in [-0.15, -0.1) is 0 Å². The average Bonchev–Trinajstić information content (AvgIpc) is 2.69. The molecule has 0 spiro atoms. The fourth-order valence-corrected chi connectivity index (χ4v) is 2.86. The summed E-state index contributed by atoms with van der Waals surface area (Å²) in [4.78, 5) is 2.67. The van der Waals surface area contributed by atoms with Gasteiger partial charge in [-0.1, -0.05) is 20.8 Å². The summed E-state index contributed by atoms with van der Waals surface area (Å²) in [5, 5.41) is 0. The highest BCUT2D eigenvalue weighted by Gasteiger charge is 2.33. The van der Waals surface area contributed by atoms with Crippen LogP contribution in [0.2, 0.25) is 0 Å². The number of ether oxygens (including phenoxy) is 1. The first-order chi connectivity index (χ1) is 7.07. The Labute approximate surface area is 94.0 Å². The first-order valence-corrected chi connectivity index (χ1v) is 6.39. The molecule has 0 radical (unpaired) electrons. The summed E-state index contributed by atoms with van der Waals surface area (Å²) in [6.45, 7) is 11.7. The molecular formula is C13H25NO. The van der Waals surface area contributed by atoms with E-state index in [0.29, 0.717) is 5.41 Å². The van der Waals surface area contributed by atoms with Crippen LogP contribution in [-0.4, -0.2) is 37.2 Å². The number of nitrogens with zero attached hydrogens (tertiary/aromatic N) is 1. The van der Waals surface area contributed by atoms with Crippen molar-refractivity contribution in [3.05, 3.63) is 0 Å². The number of hydrogen-bond acceptors (Lipinski definition) is 2. The van der Waals surface area contributed by atoms with Gasteiger partial charge in [-0.25, -0.2) is 0 Å². The molecule has 2 saturated heterocycles. The summed E-state index contributed by atoms with van der Waals surface area (Å²) in [5.74, 6) is 0.867. The van der Waals surface area contributed by atoms with Crippen LogP contribution >= 0.6 is 0 Å². The molecule has 88 valence electrons. The standard InChI is InChI=1S/C13H25NO/c1-13(2,3)11-5-4-7-14(9-11)12-6-8-15-10-12/h11-12H,4-10H2,1-3H3. The van der Waals surface area contributed by atoms with Crippen molar-refractivity contribution in [3.63, 3.8) is 0 Å². The third-order valence-electron chi connectivity index (χ3n) is 4.10. The molecule has 0 aliphatic carbocycles. The maximum Gasteiger partial charge on any atom is 0.0622 e. The monoisotopic (exact) mass is 211 g/mol. The van der Waals surface area contributed by atoms with Gasteiger partial charge in [0.2, 0.25) is 0 Å². The molecule has 2 aliphatic heterocycles. The lowest BCUT2D eigenvalue weighted by Gasteiger charge is -2.41. The summed E-state index contributed by atoms with van der Waals surface area (Å²) in [6, 6.07) is 0.718. The van der Waals surface area contributed by atoms with E-state index < -0.39 is 0 Å². The van der Waals surface area contributed by atoms with E-state index in [0.717, 1.165) is 25.2 Å². The minimum absolute atomic E-state index is 0.470. The molecule has 0 saturated carbocycles. The summed E-state index contributed by atoms with van der Waals surface area (Å²) in [7, 11) is 0. The van der Waals surface area contributed by atoms with Gasteiger partial charge >= 0.3 is 0 Å². The molecule has 2 aliphatic rings. The predicted molar refractivity (Wildman–Crippen MR) is 63.0 cm³/mol. The number of piperidine rings is 1. The van der Waals surface area contributed by atoms with E-state index >= 15 is 0 Å². The van der Waals surface area contributed by atoms with E-state index in [1.54, 1.807) is 0 Å². The molecule has 2 heteroatoms. The Bertz CT molecular complexity index is 203. The van der Waals surface area contributed by atoms with Gasteiger partial charge in [-0.05, 0) is 37.1 Å². The van der Waals surface area contributed by atoms with E-state index in [2.05, 4.69) is 25.7 Å². The van der Waals surface area contributed by atoms with E-state index in [1.807, 2.05) is 0 Å². The molecule has 2 fully saturated rings. The van der Waals surface area contributed by atoms with Crippen LogP contribution < -0.4 is 0 Å². The second kappa shape index (κ2) is 4.42. The lowest BCUT2D eigenvalue weighted by Crippen LogP contribution is -2.46. The van der Waals surface area contributed by atoms with Crippen LogP contribution in [0.4, 0.5) is 0 Å². The summed E-state index contributed by atoms with van der Waals surface area (Å²) in [6.07, 6.45) is 4.03. The van der Waals surface area contributed by atoms with Gasteiger partial charge < -0.3 is 4.74 Å². The molecule has 2 unspecified atom stereocenters. The minimum Gasteiger partial charge on any atom is -0.380 e. The maximum absolute atomic E-state index is 5.49. The molecule has 0 aromatic rings. The van der Waals surface area contributed by atoms with Crippen molar-refractivity contribution in [1.82, 2.24) is 4.90 Å². The topological polar surface area (TPSA) is 12.5 Å². The quantitative estimate of drug-likeness (QED) is 0.661. The molecular weight excluding hydrogens is 186 g/mol. The van der Waals surface area contributed by atoms with Crippen LogP contribution in [0.25, 0.3) is 0 Å². The average molecular weight is 211 g/mol. The second-order valence-electron chi connectivity index (χ2n) is 6.22. The van der Waals surface area contributed by atoms with Crippen molar-refractivity contribution in [2.24, 2.45) is 11.3 Å². The Morgan fingerprint density at radius 3 is 2.60 bits per heavy atom. The van der Waals surface area contributed by atoms with Crippen molar-refractivity contribution >= 4 is 0 Å². The van der Waals surface area contributed by atoms with Crippen molar-refractivity contribution in [2.75, 3.05) is 26.3 Å². The fraction of sp³-hybridized carbons (Fsp3) is 1.00. The highest BCUT2D eigenvalue weighted by molar-refractivity contribution is 4.85. The number of hydrogen-bond donors (Lipinski definition) is 0. The van der Waals surface area contributed by atoms with Crippen molar-refractivity contribution in [2.45, 2.75) is 46.1 Å². The van der Waals surface area contributed by atoms with Gasteiger partial charge in [-0.2, -0.15) is 0 Å². The largest absolute Gasteiger partial charge is 0.380 e. The zero-order valence-corrected chi connectivity index (χ0v) is 10.5. The zero-order chi connectivity index (χ0) is 10.9. The highest BCUT2D eigenvalue weighted by Crippen LogP contribution is 2.34. The molecule has 0 bridgehead atoms. The molecule has 2 nitrogen and oxygen atoms in total. The molecule has 0 aromatic heterocycles. The summed E-state index contributed by atoms with van der Waals surface area (Å²) >= 11 is 0. The Hall–Kier alpha value is -0.0800. The van der Waals surface area contributed by atoms with Gasteiger partial charge in [0.1, 0.15) is 0 Å². The van der Waals surface area contributed by atoms with Crippen molar-refractivity contribution < 1.29 is 4.74 Å². The van der Waals surface area contributed by atoms with E-state index in [9.17, 15) is 0 Å². The van der Waals surface area contributed by atoms with Crippen molar-refractivity contribution in [1.29, 1.82) is 0 Å². The molecule has 0 aromatic carbocycles. The summed E-state index contributed by atoms with van der Waals surface area (Å²) in [5.41, 5.74) is 0.470. The molecule has 2 rings (SSSR count). The van der Waals surface area contributed by atoms with E-state index in [1.165, 1.54) is 32.4 Å². The highest BCUT2D eigenvalue weighted by atomic mass is 16.5. The zero-order valence-electron chi connectivity index (χ0n) is 10.5. The molecule has 2 heterocycles. The summed E-state index contributed by atoms with van der Waals surface area (Å²) < 4.78 is 5.49. The van der Waals surface area contributed by atoms with Gasteiger partial charge in [0, 0.05) is 19.2 Å². The third-order valence-corrected chi connectivity index (χ3v) is 4.10. The van der Waals surface area contributed by atoms with Gasteiger partial charge in [-0.3, -0.25) is 4.90 Å². The van der Waals surface area contributed by atoms with Crippen molar-refractivity contribution in [3.8, 4) is 0 Å². The van der Waals surface area contributed by atoms with E-state index in [4.69, 9.17) is 4.74 Å². The molecule has 0 amide bonds. The number of rotatable bonds is 1.